The van der Waals surface area contributed by atoms with Gasteiger partial charge in [0, 0.05) is 12.0 Å². The first-order chi connectivity index (χ1) is 17.0. The van der Waals surface area contributed by atoms with Crippen LogP contribution in [0.2, 0.25) is 0 Å². The number of amides is 3. The van der Waals surface area contributed by atoms with Crippen molar-refractivity contribution in [3.05, 3.63) is 108 Å². The van der Waals surface area contributed by atoms with Gasteiger partial charge in [0.2, 0.25) is 11.8 Å². The Kier molecular flexibility index (Phi) is 9.31. The Hall–Kier alpha value is -4.26. The van der Waals surface area contributed by atoms with Gasteiger partial charge in [-0.3, -0.25) is 14.4 Å². The average molecular weight is 472 g/mol. The van der Waals surface area contributed by atoms with Crippen LogP contribution in [0.1, 0.15) is 28.4 Å². The largest absolute Gasteiger partial charge is 0.344 e. The molecule has 3 aromatic rings. The number of rotatable bonds is 11. The molecule has 0 saturated heterocycles. The van der Waals surface area contributed by atoms with Gasteiger partial charge in [0.15, 0.2) is 0 Å². The Labute approximate surface area is 204 Å². The first kappa shape index (κ1) is 25.4. The average Bonchev–Trinajstić information content (AvgIpc) is 2.89. The molecule has 3 rings (SSSR count). The van der Waals surface area contributed by atoms with Crippen LogP contribution < -0.4 is 16.0 Å². The van der Waals surface area contributed by atoms with Gasteiger partial charge in [-0.15, -0.1) is 0 Å². The van der Waals surface area contributed by atoms with E-state index in [1.165, 1.54) is 6.92 Å². The fourth-order valence-electron chi connectivity index (χ4n) is 3.58. The summed E-state index contributed by atoms with van der Waals surface area (Å²) in [5.41, 5.74) is 2.20. The smallest absolute Gasteiger partial charge is 0.251 e. The summed E-state index contributed by atoms with van der Waals surface area (Å²) in [4.78, 5) is 50.0. The molecule has 3 N–H and O–H groups in total. The molecule has 3 unspecified atom stereocenters. The van der Waals surface area contributed by atoms with Crippen LogP contribution in [-0.2, 0) is 27.2 Å². The minimum atomic E-state index is -0.910. The van der Waals surface area contributed by atoms with Gasteiger partial charge in [0.1, 0.15) is 18.4 Å². The molecule has 0 aliphatic heterocycles. The quantitative estimate of drug-likeness (QED) is 0.374. The first-order valence-corrected chi connectivity index (χ1v) is 11.5. The maximum Gasteiger partial charge on any atom is 0.251 e. The molecule has 0 aromatic heterocycles. The van der Waals surface area contributed by atoms with Crippen LogP contribution in [-0.4, -0.2) is 42.1 Å². The predicted molar refractivity (Wildman–Crippen MR) is 134 cm³/mol. The molecule has 0 aliphatic carbocycles. The molecule has 7 heteroatoms. The third kappa shape index (κ3) is 7.92. The number of carbonyl (C=O) groups is 4. The zero-order valence-corrected chi connectivity index (χ0v) is 19.5. The summed E-state index contributed by atoms with van der Waals surface area (Å²) in [5, 5.41) is 8.11. The highest BCUT2D eigenvalue weighted by Crippen LogP contribution is 2.07. The zero-order valence-electron chi connectivity index (χ0n) is 19.5. The van der Waals surface area contributed by atoms with Gasteiger partial charge in [-0.25, -0.2) is 0 Å². The minimum Gasteiger partial charge on any atom is -0.344 e. The second kappa shape index (κ2) is 12.8. The van der Waals surface area contributed by atoms with E-state index in [4.69, 9.17) is 0 Å². The summed E-state index contributed by atoms with van der Waals surface area (Å²) < 4.78 is 0. The lowest BCUT2D eigenvalue weighted by molar-refractivity contribution is -0.130. The Bertz CT molecular complexity index is 1120. The molecule has 0 saturated carbocycles. The van der Waals surface area contributed by atoms with Gasteiger partial charge in [-0.1, -0.05) is 78.9 Å². The highest BCUT2D eigenvalue weighted by Gasteiger charge is 2.26. The summed E-state index contributed by atoms with van der Waals surface area (Å²) in [7, 11) is 0. The maximum atomic E-state index is 13.1. The lowest BCUT2D eigenvalue weighted by Gasteiger charge is -2.22. The van der Waals surface area contributed by atoms with Gasteiger partial charge in [0.05, 0.1) is 6.04 Å². The molecule has 0 spiro atoms. The van der Waals surface area contributed by atoms with Crippen LogP contribution >= 0.6 is 0 Å². The number of aldehydes is 1. The van der Waals surface area contributed by atoms with E-state index in [1.807, 2.05) is 60.7 Å². The second-order valence-electron chi connectivity index (χ2n) is 8.25. The van der Waals surface area contributed by atoms with Gasteiger partial charge in [-0.2, -0.15) is 0 Å². The Morgan fingerprint density at radius 1 is 0.686 bits per heavy atom. The molecule has 180 valence electrons. The first-order valence-electron chi connectivity index (χ1n) is 11.5. The number of hydrogen-bond acceptors (Lipinski definition) is 4. The predicted octanol–water partition coefficient (Wildman–Crippen LogP) is 2.46. The fourth-order valence-corrected chi connectivity index (χ4v) is 3.58. The van der Waals surface area contributed by atoms with Crippen LogP contribution in [0.25, 0.3) is 0 Å². The highest BCUT2D eigenvalue weighted by molar-refractivity contribution is 5.98. The molecular weight excluding hydrogens is 442 g/mol. The molecule has 3 atom stereocenters. The molecule has 7 nitrogen and oxygen atoms in total. The Morgan fingerprint density at radius 3 is 1.74 bits per heavy atom. The van der Waals surface area contributed by atoms with Gasteiger partial charge in [0.25, 0.3) is 5.91 Å². The Balaban J connectivity index is 1.65. The van der Waals surface area contributed by atoms with Crippen molar-refractivity contribution in [2.24, 2.45) is 0 Å². The topological polar surface area (TPSA) is 104 Å². The van der Waals surface area contributed by atoms with Crippen molar-refractivity contribution >= 4 is 24.0 Å². The normalized spacial score (nSPS) is 13.1. The summed E-state index contributed by atoms with van der Waals surface area (Å²) in [6, 6.07) is 24.7. The van der Waals surface area contributed by atoms with Crippen LogP contribution in [0.15, 0.2) is 91.0 Å². The standard InChI is InChI=1S/C28H29N3O4/c1-20(26(33)30-24(19-32)17-21-11-5-2-6-12-21)29-28(35)25(18-22-13-7-3-8-14-22)31-27(34)23-15-9-4-10-16-23/h2-16,19-20,24-25H,17-18H2,1H3,(H,29,35)(H,30,33)(H,31,34). The molecule has 0 heterocycles. The maximum absolute atomic E-state index is 13.1. The third-order valence-electron chi connectivity index (χ3n) is 5.48. The van der Waals surface area contributed by atoms with Crippen molar-refractivity contribution < 1.29 is 19.2 Å². The molecule has 35 heavy (non-hydrogen) atoms. The number of carbonyl (C=O) groups excluding carboxylic acids is 4. The minimum absolute atomic E-state index is 0.255. The van der Waals surface area contributed by atoms with Crippen molar-refractivity contribution in [2.75, 3.05) is 0 Å². The van der Waals surface area contributed by atoms with E-state index >= 15 is 0 Å². The van der Waals surface area contributed by atoms with E-state index in [2.05, 4.69) is 16.0 Å². The lowest BCUT2D eigenvalue weighted by Crippen LogP contribution is -2.54. The molecule has 3 amide bonds. The number of benzene rings is 3. The number of hydrogen-bond donors (Lipinski definition) is 3. The van der Waals surface area contributed by atoms with Gasteiger partial charge < -0.3 is 20.7 Å². The van der Waals surface area contributed by atoms with E-state index in [0.29, 0.717) is 18.3 Å². The van der Waals surface area contributed by atoms with E-state index in [1.54, 1.807) is 30.3 Å². The molecular formula is C28H29N3O4. The summed E-state index contributed by atoms with van der Waals surface area (Å²) in [6.07, 6.45) is 1.28. The molecule has 0 radical (unpaired) electrons. The summed E-state index contributed by atoms with van der Waals surface area (Å²) in [5.74, 6) is -1.37. The monoisotopic (exact) mass is 471 g/mol. The fraction of sp³-hybridized carbons (Fsp3) is 0.214. The van der Waals surface area contributed by atoms with Crippen LogP contribution in [0, 0.1) is 0 Å². The van der Waals surface area contributed by atoms with Gasteiger partial charge >= 0.3 is 0 Å². The number of nitrogens with one attached hydrogen (secondary N) is 3. The van der Waals surface area contributed by atoms with Crippen LogP contribution in [0.5, 0.6) is 0 Å². The highest BCUT2D eigenvalue weighted by atomic mass is 16.2. The van der Waals surface area contributed by atoms with E-state index < -0.39 is 29.9 Å². The van der Waals surface area contributed by atoms with E-state index in [9.17, 15) is 19.2 Å². The van der Waals surface area contributed by atoms with Crippen molar-refractivity contribution in [1.82, 2.24) is 16.0 Å². The summed E-state index contributed by atoms with van der Waals surface area (Å²) in [6.45, 7) is 1.54. The summed E-state index contributed by atoms with van der Waals surface area (Å²) >= 11 is 0. The molecule has 0 bridgehead atoms. The van der Waals surface area contributed by atoms with Gasteiger partial charge in [-0.05, 0) is 36.6 Å². The molecule has 0 aliphatic rings. The zero-order chi connectivity index (χ0) is 25.0. The molecule has 3 aromatic carbocycles. The second-order valence-corrected chi connectivity index (χ2v) is 8.25. The van der Waals surface area contributed by atoms with Crippen LogP contribution in [0.4, 0.5) is 0 Å². The van der Waals surface area contributed by atoms with Crippen molar-refractivity contribution in [1.29, 1.82) is 0 Å². The Morgan fingerprint density at radius 2 is 1.20 bits per heavy atom. The third-order valence-corrected chi connectivity index (χ3v) is 5.48. The molecule has 0 fully saturated rings. The van der Waals surface area contributed by atoms with E-state index in [-0.39, 0.29) is 12.3 Å². The van der Waals surface area contributed by atoms with Crippen molar-refractivity contribution in [2.45, 2.75) is 37.9 Å². The SMILES string of the molecule is CC(NC(=O)C(Cc1ccccc1)NC(=O)c1ccccc1)C(=O)NC(C=O)Cc1ccccc1. The lowest BCUT2D eigenvalue weighted by atomic mass is 10.0. The van der Waals surface area contributed by atoms with E-state index in [0.717, 1.165) is 11.1 Å². The van der Waals surface area contributed by atoms with Crippen molar-refractivity contribution in [3.63, 3.8) is 0 Å². The van der Waals surface area contributed by atoms with Crippen molar-refractivity contribution in [3.8, 4) is 0 Å². The van der Waals surface area contributed by atoms with Crippen LogP contribution in [0.3, 0.4) is 0 Å².